The molecule has 0 aromatic heterocycles. The molecule has 1 aliphatic heterocycles. The zero-order chi connectivity index (χ0) is 15.2. The third-order valence-corrected chi connectivity index (χ3v) is 4.60. The molecule has 0 fully saturated rings. The topological polar surface area (TPSA) is 55.8 Å². The van der Waals surface area contributed by atoms with Crippen LogP contribution in [0.4, 0.5) is 0 Å². The minimum absolute atomic E-state index is 0. The van der Waals surface area contributed by atoms with Crippen molar-refractivity contribution in [2.75, 3.05) is 21.5 Å². The van der Waals surface area contributed by atoms with Gasteiger partial charge < -0.3 is 14.4 Å². The molecular formula is C14H17I2NO4S. The van der Waals surface area contributed by atoms with Crippen molar-refractivity contribution in [3.8, 4) is 5.75 Å². The maximum atomic E-state index is 12.1. The van der Waals surface area contributed by atoms with Gasteiger partial charge in [-0.15, -0.1) is 11.8 Å². The lowest BCUT2D eigenvalue weighted by molar-refractivity contribution is -0.158. The van der Waals surface area contributed by atoms with Crippen molar-refractivity contribution in [1.82, 2.24) is 4.90 Å². The van der Waals surface area contributed by atoms with E-state index in [9.17, 15) is 9.59 Å². The Hall–Kier alpha value is -0.230. The summed E-state index contributed by atoms with van der Waals surface area (Å²) in [5, 5.41) is 0. The van der Waals surface area contributed by atoms with E-state index in [-0.39, 0.29) is 12.0 Å². The Balaban J connectivity index is 0.00000242. The summed E-state index contributed by atoms with van der Waals surface area (Å²) in [6.45, 7) is 0.924. The van der Waals surface area contributed by atoms with E-state index in [4.69, 9.17) is 9.47 Å². The van der Waals surface area contributed by atoms with Gasteiger partial charge in [0, 0.05) is 23.7 Å². The Bertz CT molecular complexity index is 542. The van der Waals surface area contributed by atoms with Crippen LogP contribution >= 0.6 is 56.9 Å². The monoisotopic (exact) mass is 549 g/mol. The van der Waals surface area contributed by atoms with Crippen molar-refractivity contribution >= 4 is 68.8 Å². The van der Waals surface area contributed by atoms with Gasteiger partial charge in [-0.2, -0.15) is 0 Å². The number of carbonyl (C=O) groups excluding carboxylic acids is 2. The molecule has 122 valence electrons. The summed E-state index contributed by atoms with van der Waals surface area (Å²) in [6.07, 6.45) is 0. The number of hydrogen-bond acceptors (Lipinski definition) is 5. The number of fused-ring (bicyclic) bond motifs is 1. The van der Waals surface area contributed by atoms with Crippen molar-refractivity contribution in [1.29, 1.82) is 0 Å². The Morgan fingerprint density at radius 3 is 2.73 bits per heavy atom. The van der Waals surface area contributed by atoms with Crippen molar-refractivity contribution in [2.24, 2.45) is 0 Å². The normalized spacial score (nSPS) is 13.5. The molecule has 2 rings (SSSR count). The Morgan fingerprint density at radius 2 is 2.05 bits per heavy atom. The smallest absolute Gasteiger partial charge is 0.397 e. The summed E-state index contributed by atoms with van der Waals surface area (Å²) in [4.78, 5) is 26.3. The maximum absolute atomic E-state index is 12.1. The summed E-state index contributed by atoms with van der Waals surface area (Å²) in [6, 6.07) is 5.85. The number of ether oxygens (including phenoxy) is 2. The molecule has 0 radical (unpaired) electrons. The van der Waals surface area contributed by atoms with Crippen molar-refractivity contribution in [2.45, 2.75) is 18.9 Å². The molecule has 5 nitrogen and oxygen atoms in total. The first-order chi connectivity index (χ1) is 10.2. The van der Waals surface area contributed by atoms with Crippen LogP contribution in [0.5, 0.6) is 5.75 Å². The predicted molar refractivity (Wildman–Crippen MR) is 104 cm³/mol. The van der Waals surface area contributed by atoms with Gasteiger partial charge in [-0.25, -0.2) is 4.79 Å². The number of alkyl halides is 2. The molecule has 1 aromatic carbocycles. The molecular weight excluding hydrogens is 532 g/mol. The van der Waals surface area contributed by atoms with E-state index in [2.05, 4.69) is 22.6 Å². The van der Waals surface area contributed by atoms with Crippen molar-refractivity contribution in [3.05, 3.63) is 23.8 Å². The highest BCUT2D eigenvalue weighted by Gasteiger charge is 2.26. The minimum atomic E-state index is -0.794. The standard InChI is InChI=1S/C13H13I2NO4S.CH4/c14-7-19-10-1-2-11-9(5-10)6-16(3-4-21-11)12(17)13(18)20-8-15;/h1-2,5H,3-4,6-8H2;1H4. The number of rotatable bonds is 3. The summed E-state index contributed by atoms with van der Waals surface area (Å²) >= 11 is 5.70. The maximum Gasteiger partial charge on any atom is 0.397 e. The van der Waals surface area contributed by atoms with E-state index in [1.54, 1.807) is 11.8 Å². The quantitative estimate of drug-likeness (QED) is 0.251. The molecule has 0 unspecified atom stereocenters. The van der Waals surface area contributed by atoms with Crippen LogP contribution in [0.15, 0.2) is 23.1 Å². The number of carbonyl (C=O) groups is 2. The Kier molecular flexibility index (Phi) is 8.83. The molecule has 0 saturated carbocycles. The van der Waals surface area contributed by atoms with Crippen LogP contribution in [0.25, 0.3) is 0 Å². The predicted octanol–water partition coefficient (Wildman–Crippen LogP) is 3.46. The number of halogens is 2. The lowest BCUT2D eigenvalue weighted by atomic mass is 10.2. The van der Waals surface area contributed by atoms with E-state index < -0.39 is 11.9 Å². The number of esters is 1. The number of thioether (sulfide) groups is 1. The molecule has 0 bridgehead atoms. The number of hydrogen-bond donors (Lipinski definition) is 0. The first-order valence-corrected chi connectivity index (χ1v) is 10.2. The van der Waals surface area contributed by atoms with Crippen LogP contribution in [0.1, 0.15) is 13.0 Å². The molecule has 1 heterocycles. The molecule has 0 atom stereocenters. The van der Waals surface area contributed by atoms with Gasteiger partial charge in [-0.1, -0.05) is 7.43 Å². The van der Waals surface area contributed by atoms with Gasteiger partial charge in [0.25, 0.3) is 0 Å². The number of nitrogens with zero attached hydrogens (tertiary/aromatic N) is 1. The summed E-state index contributed by atoms with van der Waals surface area (Å²) in [5.74, 6) is 0.147. The highest BCUT2D eigenvalue weighted by molar-refractivity contribution is 14.1. The number of benzene rings is 1. The zero-order valence-corrected chi connectivity index (χ0v) is 16.1. The van der Waals surface area contributed by atoms with E-state index in [0.29, 0.717) is 17.7 Å². The van der Waals surface area contributed by atoms with Gasteiger partial charge >= 0.3 is 11.9 Å². The highest BCUT2D eigenvalue weighted by Crippen LogP contribution is 2.30. The second-order valence-electron chi connectivity index (χ2n) is 4.14. The van der Waals surface area contributed by atoms with Crippen molar-refractivity contribution in [3.63, 3.8) is 0 Å². The SMILES string of the molecule is C.O=C(OCI)C(=O)N1CCSc2ccc(OCI)cc2C1. The van der Waals surface area contributed by atoms with Crippen LogP contribution in [0, 0.1) is 0 Å². The first-order valence-electron chi connectivity index (χ1n) is 6.12. The van der Waals surface area contributed by atoms with E-state index in [1.807, 2.05) is 40.8 Å². The van der Waals surface area contributed by atoms with Gasteiger partial charge in [0.1, 0.15) is 15.0 Å². The Morgan fingerprint density at radius 1 is 1.27 bits per heavy atom. The third kappa shape index (κ3) is 5.15. The molecule has 1 amide bonds. The Labute approximate surface area is 161 Å². The molecule has 0 N–H and O–H groups in total. The molecule has 1 aliphatic rings. The molecule has 22 heavy (non-hydrogen) atoms. The van der Waals surface area contributed by atoms with E-state index in [1.165, 1.54) is 4.90 Å². The van der Waals surface area contributed by atoms with Gasteiger partial charge in [-0.05, 0) is 68.9 Å². The lowest BCUT2D eigenvalue weighted by Gasteiger charge is -2.19. The summed E-state index contributed by atoms with van der Waals surface area (Å²) < 4.78 is 11.0. The van der Waals surface area contributed by atoms with E-state index >= 15 is 0 Å². The van der Waals surface area contributed by atoms with Gasteiger partial charge in [0.15, 0.2) is 0 Å². The highest BCUT2D eigenvalue weighted by atomic mass is 127. The fraction of sp³-hybridized carbons (Fsp3) is 0.429. The average Bonchev–Trinajstić information content (AvgIpc) is 2.68. The molecule has 8 heteroatoms. The van der Waals surface area contributed by atoms with E-state index in [0.717, 1.165) is 22.0 Å². The average molecular weight is 549 g/mol. The third-order valence-electron chi connectivity index (χ3n) is 2.88. The second kappa shape index (κ2) is 9.81. The second-order valence-corrected chi connectivity index (χ2v) is 6.52. The molecule has 1 aromatic rings. The lowest BCUT2D eigenvalue weighted by Crippen LogP contribution is -2.37. The van der Waals surface area contributed by atoms with Crippen LogP contribution in [-0.4, -0.2) is 38.3 Å². The fourth-order valence-corrected chi connectivity index (χ4v) is 3.58. The van der Waals surface area contributed by atoms with Crippen LogP contribution in [-0.2, 0) is 20.9 Å². The number of amides is 1. The van der Waals surface area contributed by atoms with Gasteiger partial charge in [-0.3, -0.25) is 4.79 Å². The molecule has 0 spiro atoms. The minimum Gasteiger partial charge on any atom is -0.483 e. The largest absolute Gasteiger partial charge is 0.483 e. The molecule has 0 saturated heterocycles. The van der Waals surface area contributed by atoms with Gasteiger partial charge in [0.2, 0.25) is 0 Å². The summed E-state index contributed by atoms with van der Waals surface area (Å²) in [5.41, 5.74) is 0.996. The zero-order valence-electron chi connectivity index (χ0n) is 11.0. The first kappa shape index (κ1) is 19.8. The van der Waals surface area contributed by atoms with Gasteiger partial charge in [0.05, 0.1) is 0 Å². The van der Waals surface area contributed by atoms with Crippen LogP contribution < -0.4 is 4.74 Å². The summed E-state index contributed by atoms with van der Waals surface area (Å²) in [7, 11) is 0. The molecule has 0 aliphatic carbocycles. The fourth-order valence-electron chi connectivity index (χ4n) is 1.94. The van der Waals surface area contributed by atoms with Crippen molar-refractivity contribution < 1.29 is 19.1 Å². The van der Waals surface area contributed by atoms with Crippen LogP contribution in [0.2, 0.25) is 0 Å². The van der Waals surface area contributed by atoms with Crippen LogP contribution in [0.3, 0.4) is 0 Å².